The van der Waals surface area contributed by atoms with Crippen molar-refractivity contribution >= 4 is 17.5 Å². The third-order valence-corrected chi connectivity index (χ3v) is 5.06. The Morgan fingerprint density at radius 2 is 1.23 bits per heavy atom. The normalized spacial score (nSPS) is 10.7. The first-order chi connectivity index (χ1) is 15.0. The lowest BCUT2D eigenvalue weighted by Gasteiger charge is -2.22. The highest BCUT2D eigenvalue weighted by molar-refractivity contribution is 5.95. The molecule has 0 aliphatic rings. The van der Waals surface area contributed by atoms with Crippen LogP contribution in [0.5, 0.6) is 0 Å². The van der Waals surface area contributed by atoms with Crippen LogP contribution in [0.25, 0.3) is 0 Å². The SMILES string of the molecule is Cc1cccc(C)c1NC(=O)CNC(=O)CN(Cc1ccccc1)Cc1ccccc1. The van der Waals surface area contributed by atoms with Crippen LogP contribution >= 0.6 is 0 Å². The largest absolute Gasteiger partial charge is 0.346 e. The molecule has 0 saturated heterocycles. The van der Waals surface area contributed by atoms with Crippen molar-refractivity contribution in [1.29, 1.82) is 0 Å². The van der Waals surface area contributed by atoms with Gasteiger partial charge in [0.2, 0.25) is 11.8 Å². The van der Waals surface area contributed by atoms with E-state index in [1.165, 1.54) is 0 Å². The summed E-state index contributed by atoms with van der Waals surface area (Å²) >= 11 is 0. The number of nitrogens with zero attached hydrogens (tertiary/aromatic N) is 1. The second-order valence-electron chi connectivity index (χ2n) is 7.71. The Morgan fingerprint density at radius 3 is 1.74 bits per heavy atom. The molecule has 0 bridgehead atoms. The smallest absolute Gasteiger partial charge is 0.243 e. The summed E-state index contributed by atoms with van der Waals surface area (Å²) in [5, 5.41) is 5.65. The zero-order chi connectivity index (χ0) is 22.1. The van der Waals surface area contributed by atoms with Crippen LogP contribution in [-0.2, 0) is 22.7 Å². The Bertz CT molecular complexity index is 942. The summed E-state index contributed by atoms with van der Waals surface area (Å²) in [5.41, 5.74) is 5.07. The van der Waals surface area contributed by atoms with Crippen molar-refractivity contribution in [2.45, 2.75) is 26.9 Å². The molecule has 0 saturated carbocycles. The molecule has 0 aliphatic heterocycles. The van der Waals surface area contributed by atoms with Crippen LogP contribution in [0.15, 0.2) is 78.9 Å². The molecule has 0 heterocycles. The zero-order valence-electron chi connectivity index (χ0n) is 18.1. The Morgan fingerprint density at radius 1 is 0.710 bits per heavy atom. The van der Waals surface area contributed by atoms with Gasteiger partial charge in [0.1, 0.15) is 0 Å². The van der Waals surface area contributed by atoms with Gasteiger partial charge in [-0.25, -0.2) is 0 Å². The highest BCUT2D eigenvalue weighted by Crippen LogP contribution is 2.19. The molecule has 0 unspecified atom stereocenters. The van der Waals surface area contributed by atoms with Gasteiger partial charge < -0.3 is 10.6 Å². The third kappa shape index (κ3) is 7.08. The first-order valence-corrected chi connectivity index (χ1v) is 10.4. The molecular weight excluding hydrogens is 386 g/mol. The summed E-state index contributed by atoms with van der Waals surface area (Å²) in [4.78, 5) is 27.0. The molecule has 0 aromatic heterocycles. The maximum absolute atomic E-state index is 12.6. The van der Waals surface area contributed by atoms with Crippen molar-refractivity contribution in [1.82, 2.24) is 10.2 Å². The summed E-state index contributed by atoms with van der Waals surface area (Å²) in [7, 11) is 0. The van der Waals surface area contributed by atoms with Gasteiger partial charge in [0.15, 0.2) is 0 Å². The molecule has 2 N–H and O–H groups in total. The van der Waals surface area contributed by atoms with Crippen molar-refractivity contribution in [2.24, 2.45) is 0 Å². The van der Waals surface area contributed by atoms with Crippen LogP contribution in [0.4, 0.5) is 5.69 Å². The Balaban J connectivity index is 1.57. The van der Waals surface area contributed by atoms with Gasteiger partial charge in [0.25, 0.3) is 0 Å². The number of carbonyl (C=O) groups is 2. The molecular formula is C26H29N3O2. The van der Waals surface area contributed by atoms with Crippen LogP contribution < -0.4 is 10.6 Å². The van der Waals surface area contributed by atoms with E-state index in [4.69, 9.17) is 0 Å². The van der Waals surface area contributed by atoms with Crippen LogP contribution in [0.1, 0.15) is 22.3 Å². The molecule has 2 amide bonds. The first-order valence-electron chi connectivity index (χ1n) is 10.4. The van der Waals surface area contributed by atoms with Gasteiger partial charge in [-0.05, 0) is 36.1 Å². The van der Waals surface area contributed by atoms with Crippen molar-refractivity contribution in [3.05, 3.63) is 101 Å². The van der Waals surface area contributed by atoms with E-state index in [-0.39, 0.29) is 24.9 Å². The number of anilines is 1. The Labute approximate surface area is 184 Å². The van der Waals surface area contributed by atoms with Crippen molar-refractivity contribution in [3.63, 3.8) is 0 Å². The van der Waals surface area contributed by atoms with Gasteiger partial charge in [0, 0.05) is 18.8 Å². The molecule has 0 atom stereocenters. The molecule has 0 fully saturated rings. The Hall–Kier alpha value is -3.44. The standard InChI is InChI=1S/C26H29N3O2/c1-20-10-9-11-21(2)26(20)28-24(30)16-27-25(31)19-29(17-22-12-5-3-6-13-22)18-23-14-7-4-8-15-23/h3-15H,16-19H2,1-2H3,(H,27,31)(H,28,30). The predicted octanol–water partition coefficient (Wildman–Crippen LogP) is 4.06. The van der Waals surface area contributed by atoms with Crippen LogP contribution in [0.3, 0.4) is 0 Å². The molecule has 3 rings (SSSR count). The van der Waals surface area contributed by atoms with Crippen LogP contribution in [-0.4, -0.2) is 29.8 Å². The van der Waals surface area contributed by atoms with Gasteiger partial charge in [-0.2, -0.15) is 0 Å². The minimum Gasteiger partial charge on any atom is -0.346 e. The summed E-state index contributed by atoms with van der Waals surface area (Å²) in [6.07, 6.45) is 0. The average Bonchev–Trinajstić information content (AvgIpc) is 2.76. The molecule has 3 aromatic rings. The lowest BCUT2D eigenvalue weighted by Crippen LogP contribution is -2.40. The minimum atomic E-state index is -0.233. The average molecular weight is 416 g/mol. The number of aryl methyl sites for hydroxylation is 2. The van der Waals surface area contributed by atoms with E-state index >= 15 is 0 Å². The first kappa shape index (κ1) is 22.2. The number of para-hydroxylation sites is 1. The number of rotatable bonds is 9. The molecule has 5 nitrogen and oxygen atoms in total. The lowest BCUT2D eigenvalue weighted by molar-refractivity contribution is -0.125. The molecule has 31 heavy (non-hydrogen) atoms. The molecule has 0 spiro atoms. The number of amides is 2. The summed E-state index contributed by atoms with van der Waals surface area (Å²) in [6, 6.07) is 26.0. The van der Waals surface area contributed by atoms with E-state index in [0.29, 0.717) is 13.1 Å². The third-order valence-electron chi connectivity index (χ3n) is 5.06. The fourth-order valence-electron chi connectivity index (χ4n) is 3.48. The zero-order valence-corrected chi connectivity index (χ0v) is 18.1. The number of hydrogen-bond donors (Lipinski definition) is 2. The van der Waals surface area contributed by atoms with Gasteiger partial charge in [0.05, 0.1) is 13.1 Å². The summed E-state index contributed by atoms with van der Waals surface area (Å²) in [5.74, 6) is -0.410. The highest BCUT2D eigenvalue weighted by atomic mass is 16.2. The lowest BCUT2D eigenvalue weighted by atomic mass is 10.1. The quantitative estimate of drug-likeness (QED) is 0.554. The van der Waals surface area contributed by atoms with Crippen molar-refractivity contribution < 1.29 is 9.59 Å². The van der Waals surface area contributed by atoms with E-state index in [0.717, 1.165) is 27.9 Å². The molecule has 3 aromatic carbocycles. The molecule has 0 radical (unpaired) electrons. The maximum atomic E-state index is 12.6. The van der Waals surface area contributed by atoms with E-state index in [2.05, 4.69) is 15.5 Å². The van der Waals surface area contributed by atoms with E-state index in [9.17, 15) is 9.59 Å². The van der Waals surface area contributed by atoms with Gasteiger partial charge >= 0.3 is 0 Å². The fourth-order valence-corrected chi connectivity index (χ4v) is 3.48. The van der Waals surface area contributed by atoms with Gasteiger partial charge in [-0.15, -0.1) is 0 Å². The number of hydrogen-bond acceptors (Lipinski definition) is 3. The molecule has 0 aliphatic carbocycles. The second kappa shape index (κ2) is 11.1. The van der Waals surface area contributed by atoms with Crippen molar-refractivity contribution in [3.8, 4) is 0 Å². The van der Waals surface area contributed by atoms with Gasteiger partial charge in [-0.1, -0.05) is 78.9 Å². The maximum Gasteiger partial charge on any atom is 0.243 e. The van der Waals surface area contributed by atoms with Crippen LogP contribution in [0, 0.1) is 13.8 Å². The summed E-state index contributed by atoms with van der Waals surface area (Å²) in [6.45, 7) is 5.35. The molecule has 160 valence electrons. The minimum absolute atomic E-state index is 0.0584. The number of benzene rings is 3. The summed E-state index contributed by atoms with van der Waals surface area (Å²) < 4.78 is 0. The predicted molar refractivity (Wildman–Crippen MR) is 125 cm³/mol. The molecule has 5 heteroatoms. The van der Waals surface area contributed by atoms with E-state index in [1.807, 2.05) is 92.7 Å². The number of carbonyl (C=O) groups excluding carboxylic acids is 2. The van der Waals surface area contributed by atoms with E-state index in [1.54, 1.807) is 0 Å². The number of nitrogens with one attached hydrogen (secondary N) is 2. The van der Waals surface area contributed by atoms with Gasteiger partial charge in [-0.3, -0.25) is 14.5 Å². The fraction of sp³-hybridized carbons (Fsp3) is 0.231. The monoisotopic (exact) mass is 415 g/mol. The second-order valence-corrected chi connectivity index (χ2v) is 7.71. The topological polar surface area (TPSA) is 61.4 Å². The van der Waals surface area contributed by atoms with E-state index < -0.39 is 0 Å². The Kier molecular flexibility index (Phi) is 7.96. The highest BCUT2D eigenvalue weighted by Gasteiger charge is 2.14. The van der Waals surface area contributed by atoms with Crippen molar-refractivity contribution in [2.75, 3.05) is 18.4 Å². The van der Waals surface area contributed by atoms with Crippen LogP contribution in [0.2, 0.25) is 0 Å².